The zero-order chi connectivity index (χ0) is 24.5. The van der Waals surface area contributed by atoms with Gasteiger partial charge in [-0.15, -0.1) is 0 Å². The fourth-order valence-electron chi connectivity index (χ4n) is 5.26. The third kappa shape index (κ3) is 16.8. The Morgan fingerprint density at radius 1 is 0.500 bits per heavy atom. The smallest absolute Gasteiger partial charge is 0.234 e. The highest BCUT2D eigenvalue weighted by Crippen LogP contribution is 2.13. The maximum absolute atomic E-state index is 2.60. The molecule has 1 heterocycles. The van der Waals surface area contributed by atoms with Crippen molar-refractivity contribution in [2.75, 3.05) is 0 Å². The first kappa shape index (κ1) is 31.2. The highest BCUT2D eigenvalue weighted by Gasteiger charge is 2.16. The Bertz CT molecular complexity index is 533. The minimum absolute atomic E-state index is 1.21. The van der Waals surface area contributed by atoms with Crippen LogP contribution in [0.2, 0.25) is 0 Å². The summed E-state index contributed by atoms with van der Waals surface area (Å²) < 4.78 is 5.18. The normalized spacial score (nSPS) is 11.5. The molecule has 0 unspecified atom stereocenters. The van der Waals surface area contributed by atoms with E-state index in [0.29, 0.717) is 0 Å². The molecule has 1 aromatic heterocycles. The molecule has 0 saturated heterocycles. The predicted octanol–water partition coefficient (Wildman–Crippen LogP) is 10.4. The molecule has 0 aromatic carbocycles. The van der Waals surface area contributed by atoms with Gasteiger partial charge in [-0.2, -0.15) is 0 Å². The number of imidazole rings is 1. The summed E-state index contributed by atoms with van der Waals surface area (Å²) >= 11 is 0. The Hall–Kier alpha value is -0.790. The van der Waals surface area contributed by atoms with Gasteiger partial charge in [0.2, 0.25) is 0 Å². The van der Waals surface area contributed by atoms with E-state index in [2.05, 4.69) is 42.3 Å². The van der Waals surface area contributed by atoms with Crippen LogP contribution in [-0.4, -0.2) is 4.57 Å². The molecule has 34 heavy (non-hydrogen) atoms. The molecular formula is C32H63N2+. The van der Waals surface area contributed by atoms with Gasteiger partial charge < -0.3 is 0 Å². The van der Waals surface area contributed by atoms with Crippen molar-refractivity contribution in [3.05, 3.63) is 18.2 Å². The quantitative estimate of drug-likeness (QED) is 0.0930. The number of aryl methyl sites for hydroxylation is 2. The molecule has 2 nitrogen and oxygen atoms in total. The molecule has 0 amide bonds. The lowest BCUT2D eigenvalue weighted by molar-refractivity contribution is -0.704. The van der Waals surface area contributed by atoms with Gasteiger partial charge in [0.15, 0.2) is 0 Å². The third-order valence-corrected chi connectivity index (χ3v) is 7.60. The van der Waals surface area contributed by atoms with Crippen molar-refractivity contribution in [3.8, 4) is 0 Å². The lowest BCUT2D eigenvalue weighted by Gasteiger charge is -2.07. The minimum atomic E-state index is 1.21. The number of rotatable bonds is 26. The highest BCUT2D eigenvalue weighted by molar-refractivity contribution is 4.84. The lowest BCUT2D eigenvalue weighted by Crippen LogP contribution is -2.37. The van der Waals surface area contributed by atoms with E-state index in [1.54, 1.807) is 5.82 Å². The number of hydrogen-bond acceptors (Lipinski definition) is 0. The van der Waals surface area contributed by atoms with Gasteiger partial charge in [-0.25, -0.2) is 9.13 Å². The predicted molar refractivity (Wildman–Crippen MR) is 152 cm³/mol. The second-order valence-corrected chi connectivity index (χ2v) is 10.9. The molecule has 0 aliphatic heterocycles. The van der Waals surface area contributed by atoms with Gasteiger partial charge in [0.05, 0.1) is 13.1 Å². The summed E-state index contributed by atoms with van der Waals surface area (Å²) in [6, 6.07) is 0. The molecule has 0 aliphatic rings. The molecule has 1 aromatic rings. The van der Waals surface area contributed by atoms with Gasteiger partial charge in [0.25, 0.3) is 5.82 Å². The van der Waals surface area contributed by atoms with Gasteiger partial charge in [-0.1, -0.05) is 136 Å². The van der Waals surface area contributed by atoms with Crippen LogP contribution in [0.3, 0.4) is 0 Å². The van der Waals surface area contributed by atoms with E-state index in [1.807, 2.05) is 0 Å². The van der Waals surface area contributed by atoms with Crippen molar-refractivity contribution < 1.29 is 4.57 Å². The van der Waals surface area contributed by atoms with E-state index < -0.39 is 0 Å². The third-order valence-electron chi connectivity index (χ3n) is 7.60. The van der Waals surface area contributed by atoms with E-state index >= 15 is 0 Å². The summed E-state index contributed by atoms with van der Waals surface area (Å²) in [6.07, 6.45) is 38.5. The second kappa shape index (κ2) is 23.9. The Kier molecular flexibility index (Phi) is 22.0. The second-order valence-electron chi connectivity index (χ2n) is 10.9. The topological polar surface area (TPSA) is 8.81 Å². The molecule has 0 saturated carbocycles. The molecule has 200 valence electrons. The first-order valence-corrected chi connectivity index (χ1v) is 15.9. The maximum Gasteiger partial charge on any atom is 0.256 e. The van der Waals surface area contributed by atoms with Crippen molar-refractivity contribution in [2.45, 2.75) is 188 Å². The van der Waals surface area contributed by atoms with Crippen molar-refractivity contribution in [1.82, 2.24) is 4.57 Å². The van der Waals surface area contributed by atoms with Gasteiger partial charge in [-0.3, -0.25) is 0 Å². The summed E-state index contributed by atoms with van der Waals surface area (Å²) in [5.74, 6) is 1.60. The number of hydrogen-bond donors (Lipinski definition) is 0. The monoisotopic (exact) mass is 475 g/mol. The molecular weight excluding hydrogens is 412 g/mol. The van der Waals surface area contributed by atoms with Gasteiger partial charge in [0, 0.05) is 6.42 Å². The Labute approximate surface area is 215 Å². The average molecular weight is 476 g/mol. The summed E-state index contributed by atoms with van der Waals surface area (Å²) in [5, 5.41) is 0. The van der Waals surface area contributed by atoms with Crippen molar-refractivity contribution >= 4 is 0 Å². The lowest BCUT2D eigenvalue weighted by atomic mass is 10.1. The van der Waals surface area contributed by atoms with E-state index in [1.165, 1.54) is 167 Å². The number of nitrogens with zero attached hydrogens (tertiary/aromatic N) is 2. The highest BCUT2D eigenvalue weighted by atomic mass is 15.1. The van der Waals surface area contributed by atoms with Crippen LogP contribution in [0.1, 0.15) is 174 Å². The molecule has 0 N–H and O–H groups in total. The van der Waals surface area contributed by atoms with Gasteiger partial charge >= 0.3 is 0 Å². The molecule has 2 heteroatoms. The van der Waals surface area contributed by atoms with Crippen LogP contribution >= 0.6 is 0 Å². The van der Waals surface area contributed by atoms with Crippen LogP contribution in [0.15, 0.2) is 12.4 Å². The maximum atomic E-state index is 2.60. The fraction of sp³-hybridized carbons (Fsp3) is 0.906. The summed E-state index contributed by atoms with van der Waals surface area (Å²) in [6.45, 7) is 9.36. The van der Waals surface area contributed by atoms with E-state index in [9.17, 15) is 0 Å². The Balaban J connectivity index is 2.25. The van der Waals surface area contributed by atoms with Gasteiger partial charge in [0.1, 0.15) is 12.4 Å². The zero-order valence-electron chi connectivity index (χ0n) is 23.9. The zero-order valence-corrected chi connectivity index (χ0v) is 23.9. The van der Waals surface area contributed by atoms with E-state index in [-0.39, 0.29) is 0 Å². The fourth-order valence-corrected chi connectivity index (χ4v) is 5.26. The molecule has 1 rings (SSSR count). The minimum Gasteiger partial charge on any atom is -0.234 e. The number of unbranched alkanes of at least 4 members (excludes halogenated alkanes) is 20. The van der Waals surface area contributed by atoms with Gasteiger partial charge in [-0.05, 0) is 32.1 Å². The summed E-state index contributed by atoms with van der Waals surface area (Å²) in [5.41, 5.74) is 0. The molecule has 0 atom stereocenters. The van der Waals surface area contributed by atoms with Crippen LogP contribution in [-0.2, 0) is 19.5 Å². The first-order valence-electron chi connectivity index (χ1n) is 15.9. The Morgan fingerprint density at radius 2 is 0.912 bits per heavy atom. The molecule has 0 radical (unpaired) electrons. The summed E-state index contributed by atoms with van der Waals surface area (Å²) in [4.78, 5) is 0. The van der Waals surface area contributed by atoms with Crippen LogP contribution in [0.25, 0.3) is 0 Å². The van der Waals surface area contributed by atoms with Crippen molar-refractivity contribution in [1.29, 1.82) is 0 Å². The molecule has 0 spiro atoms. The average Bonchev–Trinajstić information content (AvgIpc) is 3.23. The largest absolute Gasteiger partial charge is 0.256 e. The van der Waals surface area contributed by atoms with E-state index in [0.717, 1.165) is 0 Å². The van der Waals surface area contributed by atoms with Crippen LogP contribution in [0.4, 0.5) is 0 Å². The first-order chi connectivity index (χ1) is 16.8. The molecule has 0 fully saturated rings. The SMILES string of the molecule is CCCCCCCCCCCCC[n+]1ccn(CCCCC)c1CCCCCCCCCCC. The van der Waals surface area contributed by atoms with E-state index in [4.69, 9.17) is 0 Å². The molecule has 0 aliphatic carbocycles. The standard InChI is InChI=1S/C32H63N2/c1-4-7-10-12-14-16-17-19-21-23-26-29-34-31-30-33(28-25-9-6-3)32(34)27-24-22-20-18-15-13-11-8-5-2/h30-31H,4-29H2,1-3H3/q+1. The van der Waals surface area contributed by atoms with Crippen LogP contribution in [0, 0.1) is 0 Å². The van der Waals surface area contributed by atoms with Crippen LogP contribution < -0.4 is 4.57 Å². The summed E-state index contributed by atoms with van der Waals surface area (Å²) in [7, 11) is 0. The van der Waals surface area contributed by atoms with Crippen molar-refractivity contribution in [2.24, 2.45) is 0 Å². The molecule has 0 bridgehead atoms. The Morgan fingerprint density at radius 3 is 1.41 bits per heavy atom. The number of aromatic nitrogens is 2. The van der Waals surface area contributed by atoms with Crippen molar-refractivity contribution in [3.63, 3.8) is 0 Å². The van der Waals surface area contributed by atoms with Crippen LogP contribution in [0.5, 0.6) is 0 Å².